The summed E-state index contributed by atoms with van der Waals surface area (Å²) in [6.07, 6.45) is -2.38. The van der Waals surface area contributed by atoms with Crippen molar-refractivity contribution in [2.24, 2.45) is 0 Å². The van der Waals surface area contributed by atoms with E-state index in [9.17, 15) is 15.3 Å². The van der Waals surface area contributed by atoms with Gasteiger partial charge in [-0.3, -0.25) is 0 Å². The predicted octanol–water partition coefficient (Wildman–Crippen LogP) is -0.343. The van der Waals surface area contributed by atoms with Crippen LogP contribution < -0.4 is 0 Å². The van der Waals surface area contributed by atoms with Gasteiger partial charge in [-0.15, -0.1) is 0 Å². The number of aliphatic hydroxyl groups excluding tert-OH is 2. The van der Waals surface area contributed by atoms with Crippen molar-refractivity contribution in [1.29, 1.82) is 0 Å². The van der Waals surface area contributed by atoms with Gasteiger partial charge in [-0.05, 0) is 27.7 Å². The van der Waals surface area contributed by atoms with Crippen LogP contribution in [0.1, 0.15) is 27.7 Å². The fourth-order valence-corrected chi connectivity index (χ4v) is 1.69. The second-order valence-electron chi connectivity index (χ2n) is 4.25. The van der Waals surface area contributed by atoms with Crippen LogP contribution in [0, 0.1) is 0 Å². The van der Waals surface area contributed by atoms with E-state index in [0.717, 1.165) is 0 Å². The molecule has 4 nitrogen and oxygen atoms in total. The molecule has 13 heavy (non-hydrogen) atoms. The smallest absolute Gasteiger partial charge is 0.120 e. The van der Waals surface area contributed by atoms with Crippen LogP contribution in [0.2, 0.25) is 0 Å². The fourth-order valence-electron chi connectivity index (χ4n) is 1.69. The zero-order chi connectivity index (χ0) is 10.4. The Hall–Kier alpha value is -0.160. The molecule has 0 aromatic carbocycles. The first-order valence-corrected chi connectivity index (χ1v) is 4.49. The summed E-state index contributed by atoms with van der Waals surface area (Å²) in [5.74, 6) is 0. The Morgan fingerprint density at radius 2 is 1.85 bits per heavy atom. The average Bonchev–Trinajstić information content (AvgIpc) is 2.14. The molecule has 1 fully saturated rings. The van der Waals surface area contributed by atoms with Crippen LogP contribution >= 0.6 is 0 Å². The Kier molecular flexibility index (Phi) is 2.45. The van der Waals surface area contributed by atoms with Gasteiger partial charge in [0.25, 0.3) is 0 Å². The molecule has 78 valence electrons. The second-order valence-corrected chi connectivity index (χ2v) is 4.25. The van der Waals surface area contributed by atoms with E-state index in [1.165, 1.54) is 13.8 Å². The molecule has 0 saturated carbocycles. The molecule has 0 bridgehead atoms. The lowest BCUT2D eigenvalue weighted by Crippen LogP contribution is -2.52. The van der Waals surface area contributed by atoms with Gasteiger partial charge >= 0.3 is 0 Å². The summed E-state index contributed by atoms with van der Waals surface area (Å²) >= 11 is 0. The summed E-state index contributed by atoms with van der Waals surface area (Å²) in [5, 5.41) is 29.0. The van der Waals surface area contributed by atoms with Gasteiger partial charge in [0.2, 0.25) is 0 Å². The van der Waals surface area contributed by atoms with Crippen LogP contribution in [0.25, 0.3) is 0 Å². The maximum Gasteiger partial charge on any atom is 0.120 e. The Bertz CT molecular complexity index is 202. The topological polar surface area (TPSA) is 69.9 Å². The normalized spacial score (nSPS) is 53.8. The van der Waals surface area contributed by atoms with Crippen molar-refractivity contribution in [1.82, 2.24) is 0 Å². The third-order valence-electron chi connectivity index (χ3n) is 3.18. The third kappa shape index (κ3) is 1.38. The lowest BCUT2D eigenvalue weighted by molar-refractivity contribution is -0.131. The van der Waals surface area contributed by atoms with E-state index in [1.54, 1.807) is 13.8 Å². The minimum Gasteiger partial charge on any atom is -0.390 e. The number of rotatable bonds is 1. The predicted molar refractivity (Wildman–Crippen MR) is 47.3 cm³/mol. The number of aliphatic hydroxyl groups is 3. The summed E-state index contributed by atoms with van der Waals surface area (Å²) in [6.45, 7) is 6.32. The van der Waals surface area contributed by atoms with Gasteiger partial charge in [0.15, 0.2) is 0 Å². The minimum absolute atomic E-state index is 0.484. The highest BCUT2D eigenvalue weighted by molar-refractivity contribution is 5.07. The van der Waals surface area contributed by atoms with Gasteiger partial charge < -0.3 is 20.1 Å². The molecule has 5 unspecified atom stereocenters. The van der Waals surface area contributed by atoms with E-state index in [0.29, 0.717) is 0 Å². The summed E-state index contributed by atoms with van der Waals surface area (Å²) in [7, 11) is 0. The van der Waals surface area contributed by atoms with Gasteiger partial charge in [0.05, 0.1) is 12.2 Å². The third-order valence-corrected chi connectivity index (χ3v) is 3.18. The molecule has 5 atom stereocenters. The first-order valence-electron chi connectivity index (χ1n) is 4.49. The first-order chi connectivity index (χ1) is 5.73. The minimum atomic E-state index is -1.30. The van der Waals surface area contributed by atoms with Gasteiger partial charge in [-0.2, -0.15) is 0 Å². The van der Waals surface area contributed by atoms with E-state index in [2.05, 4.69) is 0 Å². The highest BCUT2D eigenvalue weighted by Gasteiger charge is 2.58. The molecule has 0 spiro atoms. The first kappa shape index (κ1) is 10.9. The quantitative estimate of drug-likeness (QED) is 0.529. The average molecular weight is 190 g/mol. The molecule has 4 heteroatoms. The number of hydrogen-bond donors (Lipinski definition) is 3. The van der Waals surface area contributed by atoms with Crippen LogP contribution in [0.4, 0.5) is 0 Å². The molecular weight excluding hydrogens is 172 g/mol. The van der Waals surface area contributed by atoms with Crippen molar-refractivity contribution < 1.29 is 20.1 Å². The van der Waals surface area contributed by atoms with E-state index in [-0.39, 0.29) is 0 Å². The highest BCUT2D eigenvalue weighted by Crippen LogP contribution is 2.39. The van der Waals surface area contributed by atoms with Gasteiger partial charge in [-0.25, -0.2) is 0 Å². The van der Waals surface area contributed by atoms with Gasteiger partial charge in [0.1, 0.15) is 17.3 Å². The molecule has 0 aromatic heterocycles. The molecule has 0 aliphatic carbocycles. The van der Waals surface area contributed by atoms with Crippen molar-refractivity contribution in [2.45, 2.75) is 57.2 Å². The van der Waals surface area contributed by atoms with E-state index in [1.807, 2.05) is 0 Å². The van der Waals surface area contributed by atoms with Crippen LogP contribution in [0.15, 0.2) is 0 Å². The summed E-state index contributed by atoms with van der Waals surface area (Å²) < 4.78 is 5.39. The Morgan fingerprint density at radius 3 is 2.00 bits per heavy atom. The Morgan fingerprint density at radius 1 is 1.38 bits per heavy atom. The molecule has 1 aliphatic heterocycles. The maximum absolute atomic E-state index is 9.83. The SMILES string of the molecule is CC1OC(C)(C(C)O)C(O)C1(C)O. The van der Waals surface area contributed by atoms with Crippen molar-refractivity contribution >= 4 is 0 Å². The maximum atomic E-state index is 9.83. The van der Waals surface area contributed by atoms with E-state index in [4.69, 9.17) is 4.74 Å². The van der Waals surface area contributed by atoms with Crippen molar-refractivity contribution in [3.05, 3.63) is 0 Å². The van der Waals surface area contributed by atoms with Crippen LogP contribution in [0.5, 0.6) is 0 Å². The zero-order valence-corrected chi connectivity index (χ0v) is 8.48. The lowest BCUT2D eigenvalue weighted by atomic mass is 9.84. The van der Waals surface area contributed by atoms with Gasteiger partial charge in [0, 0.05) is 0 Å². The largest absolute Gasteiger partial charge is 0.390 e. The number of ether oxygens (including phenoxy) is 1. The summed E-state index contributed by atoms with van der Waals surface area (Å²) in [4.78, 5) is 0. The second kappa shape index (κ2) is 2.92. The molecule has 3 N–H and O–H groups in total. The Balaban J connectivity index is 2.97. The molecule has 0 amide bonds. The standard InChI is InChI=1S/C9H18O4/c1-5(10)9(4)7(11)8(3,12)6(2)13-9/h5-7,10-12H,1-4H3. The molecular formula is C9H18O4. The molecule has 0 radical (unpaired) electrons. The van der Waals surface area contributed by atoms with Crippen LogP contribution in [0.3, 0.4) is 0 Å². The molecule has 1 aliphatic rings. The molecule has 0 aromatic rings. The molecule has 1 heterocycles. The Labute approximate surface area is 78.1 Å². The van der Waals surface area contributed by atoms with Crippen molar-refractivity contribution in [3.63, 3.8) is 0 Å². The van der Waals surface area contributed by atoms with E-state index < -0.39 is 29.5 Å². The summed E-state index contributed by atoms with van der Waals surface area (Å²) in [5.41, 5.74) is -2.38. The van der Waals surface area contributed by atoms with Crippen LogP contribution in [-0.2, 0) is 4.74 Å². The monoisotopic (exact) mass is 190 g/mol. The van der Waals surface area contributed by atoms with Crippen molar-refractivity contribution in [2.75, 3.05) is 0 Å². The molecule has 1 saturated heterocycles. The van der Waals surface area contributed by atoms with E-state index >= 15 is 0 Å². The zero-order valence-electron chi connectivity index (χ0n) is 8.48. The highest BCUT2D eigenvalue weighted by atomic mass is 16.6. The summed E-state index contributed by atoms with van der Waals surface area (Å²) in [6, 6.07) is 0. The fraction of sp³-hybridized carbons (Fsp3) is 1.00. The lowest BCUT2D eigenvalue weighted by Gasteiger charge is -2.32. The van der Waals surface area contributed by atoms with Crippen molar-refractivity contribution in [3.8, 4) is 0 Å². The van der Waals surface area contributed by atoms with Gasteiger partial charge in [-0.1, -0.05) is 0 Å². The number of hydrogen-bond acceptors (Lipinski definition) is 4. The van der Waals surface area contributed by atoms with Crippen LogP contribution in [-0.4, -0.2) is 44.8 Å². The molecule has 1 rings (SSSR count).